The van der Waals surface area contributed by atoms with Gasteiger partial charge in [-0.1, -0.05) is 19.4 Å². The molecular weight excluding hydrogens is 268 g/mol. The van der Waals surface area contributed by atoms with Gasteiger partial charge in [-0.3, -0.25) is 4.79 Å². The molecule has 0 fully saturated rings. The van der Waals surface area contributed by atoms with Gasteiger partial charge in [-0.25, -0.2) is 4.79 Å². The Morgan fingerprint density at radius 3 is 2.52 bits per heavy atom. The number of carbonyl (C=O) groups excluding carboxylic acids is 2. The van der Waals surface area contributed by atoms with Gasteiger partial charge in [-0.15, -0.1) is 0 Å². The van der Waals surface area contributed by atoms with Crippen LogP contribution < -0.4 is 10.2 Å². The molecule has 1 atom stereocenters. The summed E-state index contributed by atoms with van der Waals surface area (Å²) in [5.74, 6) is -0.707. The van der Waals surface area contributed by atoms with Crippen molar-refractivity contribution < 1.29 is 14.3 Å². The van der Waals surface area contributed by atoms with E-state index in [-0.39, 0.29) is 5.91 Å². The van der Waals surface area contributed by atoms with E-state index in [0.29, 0.717) is 12.0 Å². The molecule has 0 bridgehead atoms. The Labute approximate surface area is 126 Å². The molecule has 0 saturated carbocycles. The van der Waals surface area contributed by atoms with Gasteiger partial charge in [0.25, 0.3) is 5.91 Å². The number of rotatable bonds is 6. The number of esters is 1. The Bertz CT molecular complexity index is 514. The summed E-state index contributed by atoms with van der Waals surface area (Å²) in [6, 6.07) is 7.26. The molecule has 21 heavy (non-hydrogen) atoms. The zero-order valence-corrected chi connectivity index (χ0v) is 13.4. The molecule has 1 amide bonds. The van der Waals surface area contributed by atoms with Crippen LogP contribution in [0.4, 0.5) is 5.69 Å². The number of nitrogens with zero attached hydrogens (tertiary/aromatic N) is 1. The highest BCUT2D eigenvalue weighted by atomic mass is 16.5. The fourth-order valence-electron chi connectivity index (χ4n) is 2.19. The molecule has 0 aliphatic carbocycles. The van der Waals surface area contributed by atoms with Gasteiger partial charge in [0, 0.05) is 25.3 Å². The number of methoxy groups -OCH3 is 1. The van der Waals surface area contributed by atoms with E-state index >= 15 is 0 Å². The van der Waals surface area contributed by atoms with Crippen LogP contribution in [0.25, 0.3) is 0 Å². The molecule has 0 radical (unpaired) electrons. The fraction of sp³-hybridized carbons (Fsp3) is 0.500. The average molecular weight is 292 g/mol. The van der Waals surface area contributed by atoms with Crippen LogP contribution in [0.3, 0.4) is 0 Å². The first-order chi connectivity index (χ1) is 9.84. The van der Waals surface area contributed by atoms with Gasteiger partial charge in [-0.05, 0) is 31.5 Å². The summed E-state index contributed by atoms with van der Waals surface area (Å²) in [6.07, 6.45) is 1.29. The highest BCUT2D eigenvalue weighted by Crippen LogP contribution is 2.18. The third-order valence-electron chi connectivity index (χ3n) is 3.40. The standard InChI is InChI=1S/C16H24N2O3/c1-6-10-16(2,15(20)21-5)17-14(19)12-8-7-9-13(11-12)18(3)4/h7-9,11H,6,10H2,1-5H3,(H,17,19). The molecule has 1 N–H and O–H groups in total. The monoisotopic (exact) mass is 292 g/mol. The van der Waals surface area contributed by atoms with Crippen molar-refractivity contribution >= 4 is 17.6 Å². The number of hydrogen-bond acceptors (Lipinski definition) is 4. The number of benzene rings is 1. The maximum atomic E-state index is 12.4. The molecule has 5 heteroatoms. The summed E-state index contributed by atoms with van der Waals surface area (Å²) in [5, 5.41) is 2.80. The van der Waals surface area contributed by atoms with Gasteiger partial charge in [0.05, 0.1) is 7.11 Å². The minimum absolute atomic E-state index is 0.278. The van der Waals surface area contributed by atoms with E-state index in [1.807, 2.05) is 38.1 Å². The number of carbonyl (C=O) groups is 2. The number of nitrogens with one attached hydrogen (secondary N) is 1. The van der Waals surface area contributed by atoms with Crippen molar-refractivity contribution in [3.05, 3.63) is 29.8 Å². The molecule has 0 aliphatic rings. The Hall–Kier alpha value is -2.04. The number of ether oxygens (including phenoxy) is 1. The Balaban J connectivity index is 2.97. The molecular formula is C16H24N2O3. The topological polar surface area (TPSA) is 58.6 Å². The van der Waals surface area contributed by atoms with Crippen LogP contribution in [0, 0.1) is 0 Å². The maximum absolute atomic E-state index is 12.4. The smallest absolute Gasteiger partial charge is 0.331 e. The largest absolute Gasteiger partial charge is 0.467 e. The number of hydrogen-bond donors (Lipinski definition) is 1. The zero-order valence-electron chi connectivity index (χ0n) is 13.4. The average Bonchev–Trinajstić information content (AvgIpc) is 2.46. The van der Waals surface area contributed by atoms with Crippen molar-refractivity contribution in [2.75, 3.05) is 26.1 Å². The third kappa shape index (κ3) is 4.21. The van der Waals surface area contributed by atoms with Crippen LogP contribution in [0.2, 0.25) is 0 Å². The second-order valence-corrected chi connectivity index (χ2v) is 5.47. The molecule has 1 aromatic rings. The van der Waals surface area contributed by atoms with Gasteiger partial charge in [0.1, 0.15) is 5.54 Å². The van der Waals surface area contributed by atoms with E-state index in [1.54, 1.807) is 19.1 Å². The van der Waals surface area contributed by atoms with Crippen LogP contribution >= 0.6 is 0 Å². The van der Waals surface area contributed by atoms with Crippen LogP contribution in [-0.2, 0) is 9.53 Å². The van der Waals surface area contributed by atoms with E-state index in [4.69, 9.17) is 4.74 Å². The Morgan fingerprint density at radius 2 is 2.00 bits per heavy atom. The zero-order chi connectivity index (χ0) is 16.0. The van der Waals surface area contributed by atoms with Crippen molar-refractivity contribution in [2.24, 2.45) is 0 Å². The van der Waals surface area contributed by atoms with Crippen molar-refractivity contribution in [1.82, 2.24) is 5.32 Å². The van der Waals surface area contributed by atoms with Crippen molar-refractivity contribution in [1.29, 1.82) is 0 Å². The number of anilines is 1. The van der Waals surface area contributed by atoms with Gasteiger partial charge in [-0.2, -0.15) is 0 Å². The first kappa shape index (κ1) is 17.0. The van der Waals surface area contributed by atoms with Crippen molar-refractivity contribution in [3.8, 4) is 0 Å². The van der Waals surface area contributed by atoms with Crippen LogP contribution in [0.1, 0.15) is 37.0 Å². The quantitative estimate of drug-likeness (QED) is 0.817. The van der Waals surface area contributed by atoms with Crippen molar-refractivity contribution in [3.63, 3.8) is 0 Å². The predicted molar refractivity (Wildman–Crippen MR) is 83.6 cm³/mol. The summed E-state index contributed by atoms with van der Waals surface area (Å²) in [5.41, 5.74) is 0.444. The molecule has 1 rings (SSSR count). The summed E-state index contributed by atoms with van der Waals surface area (Å²) in [7, 11) is 5.15. The fourth-order valence-corrected chi connectivity index (χ4v) is 2.19. The summed E-state index contributed by atoms with van der Waals surface area (Å²) < 4.78 is 4.80. The van der Waals surface area contributed by atoms with Crippen LogP contribution in [0.15, 0.2) is 24.3 Å². The highest BCUT2D eigenvalue weighted by molar-refractivity contribution is 5.98. The van der Waals surface area contributed by atoms with E-state index in [1.165, 1.54) is 7.11 Å². The SMILES string of the molecule is CCCC(C)(NC(=O)c1cccc(N(C)C)c1)C(=O)OC. The van der Waals surface area contributed by atoms with E-state index in [2.05, 4.69) is 5.32 Å². The second-order valence-electron chi connectivity index (χ2n) is 5.47. The molecule has 5 nitrogen and oxygen atoms in total. The molecule has 0 aliphatic heterocycles. The number of amides is 1. The van der Waals surface area contributed by atoms with Gasteiger partial charge < -0.3 is 15.0 Å². The van der Waals surface area contributed by atoms with E-state index in [9.17, 15) is 9.59 Å². The van der Waals surface area contributed by atoms with Gasteiger partial charge in [0.2, 0.25) is 0 Å². The lowest BCUT2D eigenvalue weighted by molar-refractivity contribution is -0.147. The minimum Gasteiger partial charge on any atom is -0.467 e. The Kier molecular flexibility index (Phi) is 5.76. The predicted octanol–water partition coefficient (Wildman–Crippen LogP) is 2.21. The lowest BCUT2D eigenvalue weighted by Gasteiger charge is -2.27. The van der Waals surface area contributed by atoms with Gasteiger partial charge >= 0.3 is 5.97 Å². The lowest BCUT2D eigenvalue weighted by atomic mass is 9.95. The highest BCUT2D eigenvalue weighted by Gasteiger charge is 2.35. The molecule has 0 saturated heterocycles. The summed E-state index contributed by atoms with van der Waals surface area (Å²) in [6.45, 7) is 3.65. The van der Waals surface area contributed by atoms with Crippen LogP contribution in [0.5, 0.6) is 0 Å². The van der Waals surface area contributed by atoms with Crippen molar-refractivity contribution in [2.45, 2.75) is 32.2 Å². The summed E-state index contributed by atoms with van der Waals surface area (Å²) in [4.78, 5) is 26.2. The molecule has 1 aromatic carbocycles. The molecule has 116 valence electrons. The molecule has 0 spiro atoms. The van der Waals surface area contributed by atoms with Gasteiger partial charge in [0.15, 0.2) is 0 Å². The first-order valence-corrected chi connectivity index (χ1v) is 7.02. The maximum Gasteiger partial charge on any atom is 0.331 e. The Morgan fingerprint density at radius 1 is 1.33 bits per heavy atom. The first-order valence-electron chi connectivity index (χ1n) is 7.02. The van der Waals surface area contributed by atoms with E-state index in [0.717, 1.165) is 12.1 Å². The summed E-state index contributed by atoms with van der Waals surface area (Å²) >= 11 is 0. The molecule has 0 aromatic heterocycles. The van der Waals surface area contributed by atoms with E-state index < -0.39 is 11.5 Å². The minimum atomic E-state index is -1.01. The normalized spacial score (nSPS) is 13.2. The third-order valence-corrected chi connectivity index (χ3v) is 3.40. The molecule has 0 heterocycles. The second kappa shape index (κ2) is 7.11. The van der Waals surface area contributed by atoms with Crippen LogP contribution in [-0.4, -0.2) is 38.6 Å². The lowest BCUT2D eigenvalue weighted by Crippen LogP contribution is -2.52. The molecule has 1 unspecified atom stereocenters.